The average molecular weight is 266 g/mol. The molecule has 1 nitrogen and oxygen atoms in total. The van der Waals surface area contributed by atoms with Gasteiger partial charge in [0, 0.05) is 6.42 Å². The second-order valence-corrected chi connectivity index (χ2v) is 4.33. The Hall–Kier alpha value is -1.81. The van der Waals surface area contributed by atoms with E-state index in [1.54, 1.807) is 12.1 Å². The summed E-state index contributed by atoms with van der Waals surface area (Å²) in [5, 5.41) is 9.98. The number of halogens is 3. The van der Waals surface area contributed by atoms with E-state index in [0.717, 1.165) is 17.7 Å². The van der Waals surface area contributed by atoms with E-state index in [9.17, 15) is 18.3 Å². The first-order valence-corrected chi connectivity index (χ1v) is 5.86. The van der Waals surface area contributed by atoms with Gasteiger partial charge < -0.3 is 5.11 Å². The summed E-state index contributed by atoms with van der Waals surface area (Å²) in [7, 11) is 0. The third kappa shape index (κ3) is 3.58. The number of rotatable bonds is 3. The van der Waals surface area contributed by atoms with Gasteiger partial charge in [-0.25, -0.2) is 0 Å². The van der Waals surface area contributed by atoms with Crippen LogP contribution >= 0.6 is 0 Å². The molecule has 0 aliphatic carbocycles. The minimum atomic E-state index is -4.32. The van der Waals surface area contributed by atoms with Crippen molar-refractivity contribution in [1.29, 1.82) is 0 Å². The lowest BCUT2D eigenvalue weighted by Gasteiger charge is -2.12. The molecule has 0 fully saturated rings. The van der Waals surface area contributed by atoms with Gasteiger partial charge in [0.2, 0.25) is 0 Å². The average Bonchev–Trinajstić information content (AvgIpc) is 2.39. The molecule has 0 saturated heterocycles. The highest BCUT2D eigenvalue weighted by Gasteiger charge is 2.29. The van der Waals surface area contributed by atoms with Crippen LogP contribution < -0.4 is 0 Å². The normalized spacial score (nSPS) is 13.3. The number of alkyl halides is 3. The molecular formula is C15H13F3O. The maximum absolute atomic E-state index is 12.4. The maximum Gasteiger partial charge on any atom is 0.416 e. The monoisotopic (exact) mass is 266 g/mol. The Labute approximate surface area is 109 Å². The number of hydrogen-bond donors (Lipinski definition) is 1. The van der Waals surface area contributed by atoms with Gasteiger partial charge in [0.1, 0.15) is 0 Å². The van der Waals surface area contributed by atoms with E-state index >= 15 is 0 Å². The van der Waals surface area contributed by atoms with Gasteiger partial charge >= 0.3 is 6.18 Å². The highest BCUT2D eigenvalue weighted by molar-refractivity contribution is 5.27. The third-order valence-electron chi connectivity index (χ3n) is 2.89. The van der Waals surface area contributed by atoms with Crippen LogP contribution in [0.15, 0.2) is 54.6 Å². The zero-order chi connectivity index (χ0) is 13.9. The molecule has 0 heterocycles. The first-order chi connectivity index (χ1) is 8.97. The predicted molar refractivity (Wildman–Crippen MR) is 66.5 cm³/mol. The summed E-state index contributed by atoms with van der Waals surface area (Å²) in [6.45, 7) is 0. The molecule has 100 valence electrons. The molecule has 19 heavy (non-hydrogen) atoms. The Kier molecular flexibility index (Phi) is 3.90. The summed E-state index contributed by atoms with van der Waals surface area (Å²) in [6.07, 6.45) is -4.74. The summed E-state index contributed by atoms with van der Waals surface area (Å²) < 4.78 is 37.2. The van der Waals surface area contributed by atoms with Crippen LogP contribution in [-0.2, 0) is 12.6 Å². The predicted octanol–water partition coefficient (Wildman–Crippen LogP) is 3.98. The van der Waals surface area contributed by atoms with Gasteiger partial charge in [0.15, 0.2) is 0 Å². The maximum atomic E-state index is 12.4. The second-order valence-electron chi connectivity index (χ2n) is 4.33. The van der Waals surface area contributed by atoms with Crippen LogP contribution in [0.2, 0.25) is 0 Å². The molecular weight excluding hydrogens is 253 g/mol. The molecule has 1 unspecified atom stereocenters. The van der Waals surface area contributed by atoms with Crippen LogP contribution in [0.25, 0.3) is 0 Å². The van der Waals surface area contributed by atoms with Crippen molar-refractivity contribution < 1.29 is 18.3 Å². The molecule has 1 N–H and O–H groups in total. The Morgan fingerprint density at radius 1 is 0.895 bits per heavy atom. The van der Waals surface area contributed by atoms with Gasteiger partial charge in [0.05, 0.1) is 11.7 Å². The SMILES string of the molecule is OC(Cc1ccc(C(F)(F)F)cc1)c1ccccc1. The highest BCUT2D eigenvalue weighted by atomic mass is 19.4. The smallest absolute Gasteiger partial charge is 0.388 e. The lowest BCUT2D eigenvalue weighted by atomic mass is 10.0. The van der Waals surface area contributed by atoms with Crippen molar-refractivity contribution in [1.82, 2.24) is 0 Å². The standard InChI is InChI=1S/C15H13F3O/c16-15(17,18)13-8-6-11(7-9-13)10-14(19)12-4-2-1-3-5-12/h1-9,14,19H,10H2. The Morgan fingerprint density at radius 2 is 1.47 bits per heavy atom. The molecule has 0 bridgehead atoms. The van der Waals surface area contributed by atoms with Gasteiger partial charge in [-0.15, -0.1) is 0 Å². The van der Waals surface area contributed by atoms with Crippen molar-refractivity contribution in [3.8, 4) is 0 Å². The minimum absolute atomic E-state index is 0.294. The Bertz CT molecular complexity index is 517. The fourth-order valence-electron chi connectivity index (χ4n) is 1.85. The molecule has 0 saturated carbocycles. The van der Waals surface area contributed by atoms with Crippen molar-refractivity contribution in [2.24, 2.45) is 0 Å². The largest absolute Gasteiger partial charge is 0.416 e. The van der Waals surface area contributed by atoms with Crippen LogP contribution in [0.5, 0.6) is 0 Å². The molecule has 2 rings (SSSR count). The number of benzene rings is 2. The van der Waals surface area contributed by atoms with Crippen LogP contribution in [0, 0.1) is 0 Å². The van der Waals surface area contributed by atoms with Crippen LogP contribution in [0.3, 0.4) is 0 Å². The van der Waals surface area contributed by atoms with E-state index in [0.29, 0.717) is 12.0 Å². The van der Waals surface area contributed by atoms with Crippen molar-refractivity contribution in [3.05, 3.63) is 71.3 Å². The summed E-state index contributed by atoms with van der Waals surface area (Å²) in [4.78, 5) is 0. The molecule has 0 aromatic heterocycles. The van der Waals surface area contributed by atoms with Crippen LogP contribution in [0.1, 0.15) is 22.8 Å². The van der Waals surface area contributed by atoms with Gasteiger partial charge in [0.25, 0.3) is 0 Å². The molecule has 0 spiro atoms. The summed E-state index contributed by atoms with van der Waals surface area (Å²) in [5.41, 5.74) is 0.747. The van der Waals surface area contributed by atoms with E-state index in [1.165, 1.54) is 12.1 Å². The second kappa shape index (κ2) is 5.45. The zero-order valence-electron chi connectivity index (χ0n) is 10.1. The Balaban J connectivity index is 2.08. The molecule has 0 aliphatic rings. The van der Waals surface area contributed by atoms with Gasteiger partial charge in [-0.05, 0) is 23.3 Å². The van der Waals surface area contributed by atoms with Crippen LogP contribution in [-0.4, -0.2) is 5.11 Å². The number of aliphatic hydroxyl groups excluding tert-OH is 1. The zero-order valence-corrected chi connectivity index (χ0v) is 10.1. The fourth-order valence-corrected chi connectivity index (χ4v) is 1.85. The van der Waals surface area contributed by atoms with Crippen molar-refractivity contribution >= 4 is 0 Å². The topological polar surface area (TPSA) is 20.2 Å². The first kappa shape index (κ1) is 13.6. The van der Waals surface area contributed by atoms with Gasteiger partial charge in [-0.1, -0.05) is 42.5 Å². The van der Waals surface area contributed by atoms with Crippen molar-refractivity contribution in [3.63, 3.8) is 0 Å². The molecule has 1 atom stereocenters. The lowest BCUT2D eigenvalue weighted by Crippen LogP contribution is -2.06. The molecule has 2 aromatic rings. The van der Waals surface area contributed by atoms with Crippen LogP contribution in [0.4, 0.5) is 13.2 Å². The van der Waals surface area contributed by atoms with E-state index in [4.69, 9.17) is 0 Å². The van der Waals surface area contributed by atoms with E-state index in [2.05, 4.69) is 0 Å². The molecule has 4 heteroatoms. The van der Waals surface area contributed by atoms with Crippen molar-refractivity contribution in [2.75, 3.05) is 0 Å². The molecule has 2 aromatic carbocycles. The van der Waals surface area contributed by atoms with Crippen molar-refractivity contribution in [2.45, 2.75) is 18.7 Å². The molecule has 0 amide bonds. The highest BCUT2D eigenvalue weighted by Crippen LogP contribution is 2.29. The van der Waals surface area contributed by atoms with Gasteiger partial charge in [-0.3, -0.25) is 0 Å². The first-order valence-electron chi connectivity index (χ1n) is 5.86. The minimum Gasteiger partial charge on any atom is -0.388 e. The quantitative estimate of drug-likeness (QED) is 0.890. The number of aliphatic hydroxyl groups is 1. The Morgan fingerprint density at radius 3 is 2.00 bits per heavy atom. The summed E-state index contributed by atoms with van der Waals surface area (Å²) in [6, 6.07) is 13.9. The molecule has 0 aliphatic heterocycles. The fraction of sp³-hybridized carbons (Fsp3) is 0.200. The van der Waals surface area contributed by atoms with E-state index in [-0.39, 0.29) is 0 Å². The molecule has 0 radical (unpaired) electrons. The van der Waals surface area contributed by atoms with E-state index < -0.39 is 17.8 Å². The number of hydrogen-bond acceptors (Lipinski definition) is 1. The summed E-state index contributed by atoms with van der Waals surface area (Å²) >= 11 is 0. The third-order valence-corrected chi connectivity index (χ3v) is 2.89. The van der Waals surface area contributed by atoms with E-state index in [1.807, 2.05) is 18.2 Å². The van der Waals surface area contributed by atoms with Gasteiger partial charge in [-0.2, -0.15) is 13.2 Å². The lowest BCUT2D eigenvalue weighted by molar-refractivity contribution is -0.137. The summed E-state index contributed by atoms with van der Waals surface area (Å²) in [5.74, 6) is 0.